The van der Waals surface area contributed by atoms with Crippen molar-refractivity contribution in [2.45, 2.75) is 26.3 Å². The van der Waals surface area contributed by atoms with Crippen LogP contribution in [0.25, 0.3) is 0 Å². The van der Waals surface area contributed by atoms with E-state index in [1.54, 1.807) is 0 Å². The molecule has 0 radical (unpaired) electrons. The monoisotopic (exact) mass is 296 g/mol. The van der Waals surface area contributed by atoms with Gasteiger partial charge in [-0.1, -0.05) is 30.7 Å². The van der Waals surface area contributed by atoms with Gasteiger partial charge in [-0.2, -0.15) is 0 Å². The van der Waals surface area contributed by atoms with Crippen LogP contribution in [-0.4, -0.2) is 31.3 Å². The summed E-state index contributed by atoms with van der Waals surface area (Å²) in [6.45, 7) is 10.3. The van der Waals surface area contributed by atoms with E-state index in [0.29, 0.717) is 18.1 Å². The highest BCUT2D eigenvalue weighted by atomic mass is 35.5. The minimum absolute atomic E-state index is 0.0976. The topological polar surface area (TPSA) is 35.5 Å². The second-order valence-electron chi connectivity index (χ2n) is 4.84. The predicted octanol–water partition coefficient (Wildman–Crippen LogP) is 3.39. The van der Waals surface area contributed by atoms with Crippen molar-refractivity contribution < 1.29 is 5.11 Å². The van der Waals surface area contributed by atoms with E-state index in [-0.39, 0.29) is 12.6 Å². The maximum absolute atomic E-state index is 9.13. The van der Waals surface area contributed by atoms with Crippen LogP contribution in [0.5, 0.6) is 0 Å². The van der Waals surface area contributed by atoms with E-state index >= 15 is 0 Å². The van der Waals surface area contributed by atoms with Gasteiger partial charge >= 0.3 is 0 Å². The second kappa shape index (κ2) is 9.01. The first kappa shape index (κ1) is 17.0. The Morgan fingerprint density at radius 2 is 2.25 bits per heavy atom. The van der Waals surface area contributed by atoms with Gasteiger partial charge < -0.3 is 15.3 Å². The van der Waals surface area contributed by atoms with Crippen LogP contribution in [0.2, 0.25) is 5.02 Å². The minimum Gasteiger partial charge on any atom is -0.395 e. The standard InChI is InChI=1S/C16H25ClN2O/c1-4-8-18-13(3)14-6-7-16(15(17)12-14)19(9-5-2)10-11-20/h5-7,12-13,18,20H,2,4,8-11H2,1,3H3. The van der Waals surface area contributed by atoms with E-state index in [1.165, 1.54) is 5.56 Å². The van der Waals surface area contributed by atoms with Gasteiger partial charge in [-0.25, -0.2) is 0 Å². The number of hydrogen-bond donors (Lipinski definition) is 2. The van der Waals surface area contributed by atoms with Crippen molar-refractivity contribution in [2.24, 2.45) is 0 Å². The van der Waals surface area contributed by atoms with Gasteiger partial charge in [0.1, 0.15) is 0 Å². The van der Waals surface area contributed by atoms with Crippen LogP contribution >= 0.6 is 11.6 Å². The van der Waals surface area contributed by atoms with Gasteiger partial charge in [0, 0.05) is 19.1 Å². The van der Waals surface area contributed by atoms with Crippen LogP contribution in [0.15, 0.2) is 30.9 Å². The molecule has 0 saturated heterocycles. The van der Waals surface area contributed by atoms with Crippen molar-refractivity contribution in [1.29, 1.82) is 0 Å². The van der Waals surface area contributed by atoms with Gasteiger partial charge in [-0.15, -0.1) is 6.58 Å². The third-order valence-electron chi connectivity index (χ3n) is 3.23. The van der Waals surface area contributed by atoms with E-state index in [2.05, 4.69) is 31.8 Å². The summed E-state index contributed by atoms with van der Waals surface area (Å²) in [5.41, 5.74) is 2.11. The van der Waals surface area contributed by atoms with Crippen molar-refractivity contribution in [3.8, 4) is 0 Å². The molecule has 1 aromatic carbocycles. The number of halogens is 1. The second-order valence-corrected chi connectivity index (χ2v) is 5.25. The summed E-state index contributed by atoms with van der Waals surface area (Å²) in [7, 11) is 0. The van der Waals surface area contributed by atoms with Crippen LogP contribution in [-0.2, 0) is 0 Å². The molecule has 0 aliphatic heterocycles. The average Bonchev–Trinajstić information content (AvgIpc) is 2.44. The lowest BCUT2D eigenvalue weighted by atomic mass is 10.1. The molecule has 3 nitrogen and oxygen atoms in total. The fraction of sp³-hybridized carbons (Fsp3) is 0.500. The van der Waals surface area contributed by atoms with Crippen LogP contribution in [0.3, 0.4) is 0 Å². The quantitative estimate of drug-likeness (QED) is 0.686. The van der Waals surface area contributed by atoms with Gasteiger partial charge in [0.15, 0.2) is 0 Å². The maximum atomic E-state index is 9.13. The van der Waals surface area contributed by atoms with Crippen molar-refractivity contribution in [3.63, 3.8) is 0 Å². The van der Waals surface area contributed by atoms with Gasteiger partial charge in [-0.05, 0) is 37.6 Å². The SMILES string of the molecule is C=CCN(CCO)c1ccc(C(C)NCCC)cc1Cl. The zero-order valence-electron chi connectivity index (χ0n) is 12.4. The molecule has 0 amide bonds. The van der Waals surface area contributed by atoms with E-state index in [4.69, 9.17) is 16.7 Å². The van der Waals surface area contributed by atoms with Gasteiger partial charge in [-0.3, -0.25) is 0 Å². The molecular formula is C16H25ClN2O. The number of anilines is 1. The molecule has 112 valence electrons. The number of nitrogens with one attached hydrogen (secondary N) is 1. The molecule has 4 heteroatoms. The lowest BCUT2D eigenvalue weighted by molar-refractivity contribution is 0.303. The first-order chi connectivity index (χ1) is 9.63. The highest BCUT2D eigenvalue weighted by Gasteiger charge is 2.11. The molecule has 2 N–H and O–H groups in total. The Kier molecular flexibility index (Phi) is 7.67. The highest BCUT2D eigenvalue weighted by Crippen LogP contribution is 2.29. The Balaban J connectivity index is 2.87. The zero-order valence-corrected chi connectivity index (χ0v) is 13.2. The molecule has 0 aromatic heterocycles. The first-order valence-corrected chi connectivity index (χ1v) is 7.51. The highest BCUT2D eigenvalue weighted by molar-refractivity contribution is 6.33. The van der Waals surface area contributed by atoms with Crippen LogP contribution in [0.1, 0.15) is 31.9 Å². The summed E-state index contributed by atoms with van der Waals surface area (Å²) >= 11 is 6.39. The van der Waals surface area contributed by atoms with E-state index in [9.17, 15) is 0 Å². The average molecular weight is 297 g/mol. The molecule has 0 saturated carbocycles. The van der Waals surface area contributed by atoms with E-state index in [1.807, 2.05) is 23.1 Å². The molecule has 0 aliphatic rings. The molecule has 0 aliphatic carbocycles. The molecule has 1 rings (SSSR count). The molecule has 20 heavy (non-hydrogen) atoms. The Bertz CT molecular complexity index is 423. The molecule has 0 bridgehead atoms. The summed E-state index contributed by atoms with van der Waals surface area (Å²) < 4.78 is 0. The summed E-state index contributed by atoms with van der Waals surface area (Å²) in [4.78, 5) is 2.02. The number of nitrogens with zero attached hydrogens (tertiary/aromatic N) is 1. The van der Waals surface area contributed by atoms with Crippen molar-refractivity contribution >= 4 is 17.3 Å². The van der Waals surface area contributed by atoms with Gasteiger partial charge in [0.25, 0.3) is 0 Å². The largest absolute Gasteiger partial charge is 0.395 e. The number of aliphatic hydroxyl groups is 1. The van der Waals surface area contributed by atoms with Gasteiger partial charge in [0.2, 0.25) is 0 Å². The molecule has 1 aromatic rings. The number of rotatable bonds is 9. The van der Waals surface area contributed by atoms with E-state index in [0.717, 1.165) is 18.7 Å². The Hall–Kier alpha value is -1.03. The molecule has 1 atom stereocenters. The number of hydrogen-bond acceptors (Lipinski definition) is 3. The summed E-state index contributed by atoms with van der Waals surface area (Å²) in [6, 6.07) is 6.38. The Morgan fingerprint density at radius 1 is 1.50 bits per heavy atom. The van der Waals surface area contributed by atoms with E-state index < -0.39 is 0 Å². The minimum atomic E-state index is 0.0976. The molecule has 0 fully saturated rings. The summed E-state index contributed by atoms with van der Waals surface area (Å²) in [5, 5.41) is 13.3. The maximum Gasteiger partial charge on any atom is 0.0643 e. The fourth-order valence-electron chi connectivity index (χ4n) is 2.11. The summed E-state index contributed by atoms with van der Waals surface area (Å²) in [5.74, 6) is 0. The molecule has 0 heterocycles. The normalized spacial score (nSPS) is 12.2. The predicted molar refractivity (Wildman–Crippen MR) is 87.7 cm³/mol. The zero-order chi connectivity index (χ0) is 15.0. The Labute approximate surface area is 127 Å². The molecule has 1 unspecified atom stereocenters. The molecule has 0 spiro atoms. The van der Waals surface area contributed by atoms with Crippen molar-refractivity contribution in [2.75, 3.05) is 31.1 Å². The van der Waals surface area contributed by atoms with Crippen LogP contribution < -0.4 is 10.2 Å². The fourth-order valence-corrected chi connectivity index (χ4v) is 2.42. The van der Waals surface area contributed by atoms with Gasteiger partial charge in [0.05, 0.1) is 17.3 Å². The third-order valence-corrected chi connectivity index (χ3v) is 3.54. The number of aliphatic hydroxyl groups excluding tert-OH is 1. The summed E-state index contributed by atoms with van der Waals surface area (Å²) in [6.07, 6.45) is 2.92. The smallest absolute Gasteiger partial charge is 0.0643 e. The number of benzene rings is 1. The lowest BCUT2D eigenvalue weighted by Gasteiger charge is -2.24. The van der Waals surface area contributed by atoms with Crippen molar-refractivity contribution in [3.05, 3.63) is 41.4 Å². The lowest BCUT2D eigenvalue weighted by Crippen LogP contribution is -2.27. The third kappa shape index (κ3) is 4.82. The molecular weight excluding hydrogens is 272 g/mol. The first-order valence-electron chi connectivity index (χ1n) is 7.13. The van der Waals surface area contributed by atoms with Crippen molar-refractivity contribution in [1.82, 2.24) is 5.32 Å². The van der Waals surface area contributed by atoms with Crippen LogP contribution in [0, 0.1) is 0 Å². The van der Waals surface area contributed by atoms with Crippen LogP contribution in [0.4, 0.5) is 5.69 Å². The Morgan fingerprint density at radius 3 is 2.80 bits per heavy atom.